The zero-order chi connectivity index (χ0) is 10.3. The van der Waals surface area contributed by atoms with Crippen LogP contribution in [0.4, 0.5) is 0 Å². The summed E-state index contributed by atoms with van der Waals surface area (Å²) in [6.07, 6.45) is 6.68. The molecular formula is C13H15ClO. The molecule has 1 aliphatic heterocycles. The molecule has 2 fully saturated rings. The maximum Gasteiger partial charge on any atom is 0.121 e. The average molecular weight is 223 g/mol. The van der Waals surface area contributed by atoms with Crippen molar-refractivity contribution in [2.24, 2.45) is 0 Å². The Kier molecular flexibility index (Phi) is 2.26. The Hall–Kier alpha value is -0.530. The van der Waals surface area contributed by atoms with Gasteiger partial charge in [-0.15, -0.1) is 0 Å². The summed E-state index contributed by atoms with van der Waals surface area (Å²) in [6.45, 7) is 0. The monoisotopic (exact) mass is 222 g/mol. The molecule has 1 aliphatic carbocycles. The molecule has 3 rings (SSSR count). The zero-order valence-electron chi connectivity index (χ0n) is 8.71. The Balaban J connectivity index is 1.97. The van der Waals surface area contributed by atoms with Crippen molar-refractivity contribution >= 4 is 11.6 Å². The van der Waals surface area contributed by atoms with E-state index in [0.29, 0.717) is 6.10 Å². The molecular weight excluding hydrogens is 208 g/mol. The highest BCUT2D eigenvalue weighted by Gasteiger charge is 2.57. The molecule has 2 unspecified atom stereocenters. The van der Waals surface area contributed by atoms with E-state index in [9.17, 15) is 0 Å². The lowest BCUT2D eigenvalue weighted by Crippen LogP contribution is -2.12. The smallest absolute Gasteiger partial charge is 0.121 e. The van der Waals surface area contributed by atoms with Crippen molar-refractivity contribution in [3.05, 3.63) is 34.9 Å². The van der Waals surface area contributed by atoms with Crippen LogP contribution >= 0.6 is 11.6 Å². The molecule has 0 aromatic heterocycles. The number of epoxide rings is 1. The molecule has 0 bridgehead atoms. The van der Waals surface area contributed by atoms with E-state index >= 15 is 0 Å². The average Bonchev–Trinajstić information content (AvgIpc) is 2.92. The van der Waals surface area contributed by atoms with Gasteiger partial charge in [-0.25, -0.2) is 0 Å². The van der Waals surface area contributed by atoms with E-state index in [1.165, 1.54) is 31.2 Å². The molecule has 80 valence electrons. The number of hydrogen-bond acceptors (Lipinski definition) is 1. The topological polar surface area (TPSA) is 12.5 Å². The summed E-state index contributed by atoms with van der Waals surface area (Å²) in [5.41, 5.74) is 1.19. The van der Waals surface area contributed by atoms with Crippen LogP contribution in [0.2, 0.25) is 5.02 Å². The first-order valence-corrected chi connectivity index (χ1v) is 6.13. The fourth-order valence-corrected chi connectivity index (χ4v) is 3.10. The van der Waals surface area contributed by atoms with Crippen molar-refractivity contribution in [1.82, 2.24) is 0 Å². The minimum atomic E-state index is -0.0190. The van der Waals surface area contributed by atoms with Gasteiger partial charge in [0.05, 0.1) is 6.10 Å². The van der Waals surface area contributed by atoms with Crippen molar-refractivity contribution < 1.29 is 4.74 Å². The highest BCUT2D eigenvalue weighted by molar-refractivity contribution is 6.31. The van der Waals surface area contributed by atoms with E-state index in [-0.39, 0.29) is 5.60 Å². The quantitative estimate of drug-likeness (QED) is 0.657. The normalized spacial score (nSPS) is 34.3. The van der Waals surface area contributed by atoms with Crippen LogP contribution in [0.3, 0.4) is 0 Å². The second-order valence-electron chi connectivity index (χ2n) is 4.58. The molecule has 15 heavy (non-hydrogen) atoms. The third-order valence-electron chi connectivity index (χ3n) is 3.66. The second kappa shape index (κ2) is 3.50. The van der Waals surface area contributed by atoms with Gasteiger partial charge in [0.2, 0.25) is 0 Å². The Labute approximate surface area is 95.4 Å². The Morgan fingerprint density at radius 3 is 2.93 bits per heavy atom. The lowest BCUT2D eigenvalue weighted by atomic mass is 9.91. The summed E-state index contributed by atoms with van der Waals surface area (Å²) in [7, 11) is 0. The first-order chi connectivity index (χ1) is 7.33. The second-order valence-corrected chi connectivity index (χ2v) is 4.98. The molecule has 1 heterocycles. The van der Waals surface area contributed by atoms with Crippen LogP contribution in [0, 0.1) is 0 Å². The molecule has 1 saturated heterocycles. The standard InChI is InChI=1S/C13H15ClO/c14-11-7-4-3-6-10(11)13-9-5-1-2-8-12(13)15-13/h3-4,6-7,12H,1-2,5,8-9H2. The summed E-state index contributed by atoms with van der Waals surface area (Å²) >= 11 is 6.25. The highest BCUT2D eigenvalue weighted by atomic mass is 35.5. The van der Waals surface area contributed by atoms with Gasteiger partial charge in [0.25, 0.3) is 0 Å². The van der Waals surface area contributed by atoms with Crippen LogP contribution in [0.5, 0.6) is 0 Å². The summed E-state index contributed by atoms with van der Waals surface area (Å²) in [5.74, 6) is 0. The Morgan fingerprint density at radius 1 is 1.20 bits per heavy atom. The van der Waals surface area contributed by atoms with Gasteiger partial charge in [-0.3, -0.25) is 0 Å². The summed E-state index contributed by atoms with van der Waals surface area (Å²) in [4.78, 5) is 0. The fourth-order valence-electron chi connectivity index (χ4n) is 2.80. The maximum absolute atomic E-state index is 6.25. The van der Waals surface area contributed by atoms with Crippen LogP contribution in [-0.2, 0) is 10.3 Å². The van der Waals surface area contributed by atoms with Crippen LogP contribution in [0.25, 0.3) is 0 Å². The predicted molar refractivity (Wildman–Crippen MR) is 61.1 cm³/mol. The van der Waals surface area contributed by atoms with Crippen LogP contribution in [0.15, 0.2) is 24.3 Å². The first kappa shape index (κ1) is 9.68. The minimum absolute atomic E-state index is 0.0190. The van der Waals surface area contributed by atoms with Crippen molar-refractivity contribution in [3.63, 3.8) is 0 Å². The van der Waals surface area contributed by atoms with Crippen molar-refractivity contribution in [2.75, 3.05) is 0 Å². The summed E-state index contributed by atoms with van der Waals surface area (Å²) in [6, 6.07) is 8.12. The van der Waals surface area contributed by atoms with E-state index in [1.54, 1.807) is 0 Å². The fraction of sp³-hybridized carbons (Fsp3) is 0.538. The molecule has 1 aromatic rings. The number of hydrogen-bond donors (Lipinski definition) is 0. The third-order valence-corrected chi connectivity index (χ3v) is 3.99. The molecule has 0 radical (unpaired) electrons. The van der Waals surface area contributed by atoms with Crippen LogP contribution in [-0.4, -0.2) is 6.10 Å². The SMILES string of the molecule is Clc1ccccc1C12CCCCCC1O2. The molecule has 2 heteroatoms. The van der Waals surface area contributed by atoms with Crippen molar-refractivity contribution in [3.8, 4) is 0 Å². The summed E-state index contributed by atoms with van der Waals surface area (Å²) in [5, 5.41) is 0.863. The Morgan fingerprint density at radius 2 is 2.07 bits per heavy atom. The molecule has 0 spiro atoms. The lowest BCUT2D eigenvalue weighted by Gasteiger charge is -2.13. The van der Waals surface area contributed by atoms with Gasteiger partial charge in [-0.1, -0.05) is 49.1 Å². The van der Waals surface area contributed by atoms with Gasteiger partial charge in [0.1, 0.15) is 5.60 Å². The van der Waals surface area contributed by atoms with Gasteiger partial charge < -0.3 is 4.74 Å². The molecule has 1 aromatic carbocycles. The largest absolute Gasteiger partial charge is 0.361 e. The first-order valence-electron chi connectivity index (χ1n) is 5.76. The molecule has 2 aliphatic rings. The van der Waals surface area contributed by atoms with Crippen LogP contribution in [0.1, 0.15) is 37.7 Å². The van der Waals surface area contributed by atoms with E-state index in [0.717, 1.165) is 11.4 Å². The molecule has 1 saturated carbocycles. The van der Waals surface area contributed by atoms with E-state index in [2.05, 4.69) is 12.1 Å². The molecule has 2 atom stereocenters. The zero-order valence-corrected chi connectivity index (χ0v) is 9.46. The number of fused-ring (bicyclic) bond motifs is 1. The predicted octanol–water partition coefficient (Wildman–Crippen LogP) is 3.90. The van der Waals surface area contributed by atoms with Gasteiger partial charge in [-0.2, -0.15) is 0 Å². The number of ether oxygens (including phenoxy) is 1. The molecule has 0 amide bonds. The van der Waals surface area contributed by atoms with Gasteiger partial charge in [0, 0.05) is 10.6 Å². The van der Waals surface area contributed by atoms with Gasteiger partial charge >= 0.3 is 0 Å². The summed E-state index contributed by atoms with van der Waals surface area (Å²) < 4.78 is 5.93. The third kappa shape index (κ3) is 1.49. The van der Waals surface area contributed by atoms with Gasteiger partial charge in [0.15, 0.2) is 0 Å². The molecule has 1 nitrogen and oxygen atoms in total. The van der Waals surface area contributed by atoms with E-state index in [1.807, 2.05) is 12.1 Å². The molecule has 0 N–H and O–H groups in total. The van der Waals surface area contributed by atoms with Crippen molar-refractivity contribution in [1.29, 1.82) is 0 Å². The Bertz CT molecular complexity index is 377. The highest BCUT2D eigenvalue weighted by Crippen LogP contribution is 2.55. The van der Waals surface area contributed by atoms with Gasteiger partial charge in [-0.05, 0) is 18.9 Å². The van der Waals surface area contributed by atoms with Crippen molar-refractivity contribution in [2.45, 2.75) is 43.8 Å². The van der Waals surface area contributed by atoms with E-state index in [4.69, 9.17) is 16.3 Å². The number of halogens is 1. The number of benzene rings is 1. The minimum Gasteiger partial charge on any atom is -0.361 e. The number of rotatable bonds is 1. The van der Waals surface area contributed by atoms with E-state index < -0.39 is 0 Å². The van der Waals surface area contributed by atoms with Crippen LogP contribution < -0.4 is 0 Å². The lowest BCUT2D eigenvalue weighted by molar-refractivity contribution is 0.265. The maximum atomic E-state index is 6.25.